The molecular formula is C21H16ClN5OS. The van der Waals surface area contributed by atoms with E-state index in [9.17, 15) is 4.79 Å². The molecule has 0 aliphatic carbocycles. The summed E-state index contributed by atoms with van der Waals surface area (Å²) in [7, 11) is 0. The lowest BCUT2D eigenvalue weighted by molar-refractivity contribution is -0.116. The molecule has 0 N–H and O–H groups in total. The van der Waals surface area contributed by atoms with Gasteiger partial charge in [-0.05, 0) is 30.2 Å². The number of amides is 1. The second kappa shape index (κ2) is 7.50. The summed E-state index contributed by atoms with van der Waals surface area (Å²) in [5.41, 5.74) is 3.65. The van der Waals surface area contributed by atoms with Crippen molar-refractivity contribution in [3.63, 3.8) is 0 Å². The number of aromatic nitrogens is 4. The van der Waals surface area contributed by atoms with E-state index in [1.165, 1.54) is 23.7 Å². The van der Waals surface area contributed by atoms with Crippen LogP contribution in [0.15, 0.2) is 66.1 Å². The summed E-state index contributed by atoms with van der Waals surface area (Å²) in [4.78, 5) is 23.4. The predicted octanol–water partition coefficient (Wildman–Crippen LogP) is 4.15. The smallest absolute Gasteiger partial charge is 0.237 e. The molecule has 1 aliphatic heterocycles. The molecule has 144 valence electrons. The Balaban J connectivity index is 1.39. The highest BCUT2D eigenvalue weighted by Gasteiger charge is 2.24. The molecule has 0 fully saturated rings. The van der Waals surface area contributed by atoms with E-state index in [1.807, 2.05) is 47.4 Å². The van der Waals surface area contributed by atoms with E-state index in [0.29, 0.717) is 16.4 Å². The van der Waals surface area contributed by atoms with Gasteiger partial charge in [0.15, 0.2) is 5.65 Å². The molecule has 4 aromatic rings. The average molecular weight is 422 g/mol. The zero-order chi connectivity index (χ0) is 19.8. The average Bonchev–Trinajstić information content (AvgIpc) is 3.37. The van der Waals surface area contributed by atoms with Gasteiger partial charge >= 0.3 is 0 Å². The van der Waals surface area contributed by atoms with Gasteiger partial charge < -0.3 is 4.90 Å². The molecule has 0 saturated carbocycles. The van der Waals surface area contributed by atoms with Crippen LogP contribution in [-0.2, 0) is 11.2 Å². The Morgan fingerprint density at radius 2 is 1.86 bits per heavy atom. The van der Waals surface area contributed by atoms with Crippen molar-refractivity contribution in [2.75, 3.05) is 17.2 Å². The molecule has 3 heterocycles. The van der Waals surface area contributed by atoms with Crippen molar-refractivity contribution in [1.29, 1.82) is 0 Å². The van der Waals surface area contributed by atoms with E-state index in [4.69, 9.17) is 11.6 Å². The Kier molecular flexibility index (Phi) is 4.69. The fraction of sp³-hybridized carbons (Fsp3) is 0.143. The third-order valence-electron chi connectivity index (χ3n) is 4.93. The molecule has 0 saturated heterocycles. The lowest BCUT2D eigenvalue weighted by Gasteiger charge is -2.16. The van der Waals surface area contributed by atoms with E-state index in [-0.39, 0.29) is 5.91 Å². The number of carbonyl (C=O) groups excluding carboxylic acids is 1. The van der Waals surface area contributed by atoms with Crippen LogP contribution >= 0.6 is 23.4 Å². The van der Waals surface area contributed by atoms with Gasteiger partial charge in [0.25, 0.3) is 0 Å². The fourth-order valence-electron chi connectivity index (χ4n) is 3.54. The van der Waals surface area contributed by atoms with Gasteiger partial charge in [0.05, 0.1) is 28.0 Å². The number of hydrogen-bond donors (Lipinski definition) is 0. The van der Waals surface area contributed by atoms with Crippen LogP contribution < -0.4 is 4.90 Å². The SMILES string of the molecule is O=C(CSc1ncnc2c1cnn2-c1ccccc1Cl)N1CCc2ccccc21. The van der Waals surface area contributed by atoms with Gasteiger partial charge in [0, 0.05) is 12.2 Å². The van der Waals surface area contributed by atoms with Crippen LogP contribution in [0.2, 0.25) is 5.02 Å². The van der Waals surface area contributed by atoms with Gasteiger partial charge in [-0.1, -0.05) is 53.7 Å². The van der Waals surface area contributed by atoms with Crippen LogP contribution in [-0.4, -0.2) is 38.0 Å². The first-order valence-electron chi connectivity index (χ1n) is 9.17. The van der Waals surface area contributed by atoms with E-state index in [0.717, 1.165) is 34.8 Å². The summed E-state index contributed by atoms with van der Waals surface area (Å²) in [5, 5.41) is 6.56. The normalized spacial score (nSPS) is 13.1. The van der Waals surface area contributed by atoms with Crippen molar-refractivity contribution in [3.8, 4) is 5.69 Å². The van der Waals surface area contributed by atoms with Gasteiger partial charge in [-0.15, -0.1) is 0 Å². The van der Waals surface area contributed by atoms with E-state index in [1.54, 1.807) is 10.9 Å². The van der Waals surface area contributed by atoms with Crippen molar-refractivity contribution in [2.45, 2.75) is 11.4 Å². The Morgan fingerprint density at radius 3 is 2.72 bits per heavy atom. The number of thioether (sulfide) groups is 1. The van der Waals surface area contributed by atoms with Crippen LogP contribution in [0.4, 0.5) is 5.69 Å². The number of halogens is 1. The monoisotopic (exact) mass is 421 g/mol. The second-order valence-corrected chi connectivity index (χ2v) is 8.01. The molecule has 0 radical (unpaired) electrons. The number of fused-ring (bicyclic) bond motifs is 2. The summed E-state index contributed by atoms with van der Waals surface area (Å²) >= 11 is 7.72. The van der Waals surface area contributed by atoms with Crippen molar-refractivity contribution in [3.05, 3.63) is 71.6 Å². The highest BCUT2D eigenvalue weighted by Crippen LogP contribution is 2.31. The minimum Gasteiger partial charge on any atom is -0.311 e. The fourth-order valence-corrected chi connectivity index (χ4v) is 4.60. The van der Waals surface area contributed by atoms with Gasteiger partial charge in [0.1, 0.15) is 11.4 Å². The Hall–Kier alpha value is -2.90. The van der Waals surface area contributed by atoms with Crippen LogP contribution in [0.3, 0.4) is 0 Å². The zero-order valence-electron chi connectivity index (χ0n) is 15.3. The van der Waals surface area contributed by atoms with E-state index >= 15 is 0 Å². The molecule has 1 aliphatic rings. The molecule has 0 spiro atoms. The number of benzene rings is 2. The van der Waals surface area contributed by atoms with Gasteiger partial charge in [-0.3, -0.25) is 4.79 Å². The standard InChI is InChI=1S/C21H16ClN5OS/c22-16-6-2-4-8-18(16)27-20-15(11-25-27)21(24-13-23-20)29-12-19(28)26-10-9-14-5-1-3-7-17(14)26/h1-8,11,13H,9-10,12H2. The summed E-state index contributed by atoms with van der Waals surface area (Å²) in [6.07, 6.45) is 4.11. The van der Waals surface area contributed by atoms with Gasteiger partial charge in [-0.25, -0.2) is 14.6 Å². The topological polar surface area (TPSA) is 63.9 Å². The Bertz CT molecular complexity index is 1220. The second-order valence-electron chi connectivity index (χ2n) is 6.64. The molecule has 6 nitrogen and oxygen atoms in total. The molecular weight excluding hydrogens is 406 g/mol. The molecule has 0 atom stereocenters. The highest BCUT2D eigenvalue weighted by molar-refractivity contribution is 8.00. The minimum atomic E-state index is 0.0743. The van der Waals surface area contributed by atoms with Gasteiger partial charge in [0.2, 0.25) is 5.91 Å². The van der Waals surface area contributed by atoms with E-state index in [2.05, 4.69) is 21.1 Å². The first-order valence-corrected chi connectivity index (χ1v) is 10.5. The summed E-state index contributed by atoms with van der Waals surface area (Å²) in [6, 6.07) is 15.5. The molecule has 1 amide bonds. The lowest BCUT2D eigenvalue weighted by Crippen LogP contribution is -2.30. The number of carbonyl (C=O) groups is 1. The molecule has 5 rings (SSSR count). The molecule has 0 unspecified atom stereocenters. The maximum Gasteiger partial charge on any atom is 0.237 e. The number of anilines is 1. The van der Waals surface area contributed by atoms with Gasteiger partial charge in [-0.2, -0.15) is 5.10 Å². The first kappa shape index (κ1) is 18.1. The summed E-state index contributed by atoms with van der Waals surface area (Å²) in [6.45, 7) is 0.725. The first-order chi connectivity index (χ1) is 14.2. The number of hydrogen-bond acceptors (Lipinski definition) is 5. The van der Waals surface area contributed by atoms with E-state index < -0.39 is 0 Å². The maximum atomic E-state index is 12.8. The van der Waals surface area contributed by atoms with Crippen LogP contribution in [0.25, 0.3) is 16.7 Å². The molecule has 29 heavy (non-hydrogen) atoms. The molecule has 0 bridgehead atoms. The quantitative estimate of drug-likeness (QED) is 0.366. The van der Waals surface area contributed by atoms with Crippen LogP contribution in [0.1, 0.15) is 5.56 Å². The van der Waals surface area contributed by atoms with Crippen molar-refractivity contribution in [1.82, 2.24) is 19.7 Å². The Morgan fingerprint density at radius 1 is 1.07 bits per heavy atom. The lowest BCUT2D eigenvalue weighted by atomic mass is 10.2. The maximum absolute atomic E-state index is 12.8. The summed E-state index contributed by atoms with van der Waals surface area (Å²) in [5.74, 6) is 0.378. The number of para-hydroxylation sites is 2. The minimum absolute atomic E-state index is 0.0743. The predicted molar refractivity (Wildman–Crippen MR) is 115 cm³/mol. The van der Waals surface area contributed by atoms with Crippen molar-refractivity contribution in [2.24, 2.45) is 0 Å². The third kappa shape index (κ3) is 3.26. The Labute approximate surface area is 176 Å². The third-order valence-corrected chi connectivity index (χ3v) is 6.24. The highest BCUT2D eigenvalue weighted by atomic mass is 35.5. The van der Waals surface area contributed by atoms with Crippen LogP contribution in [0.5, 0.6) is 0 Å². The van der Waals surface area contributed by atoms with Crippen molar-refractivity contribution >= 4 is 46.0 Å². The van der Waals surface area contributed by atoms with Crippen molar-refractivity contribution < 1.29 is 4.79 Å². The largest absolute Gasteiger partial charge is 0.311 e. The molecule has 2 aromatic carbocycles. The summed E-state index contributed by atoms with van der Waals surface area (Å²) < 4.78 is 1.70. The molecule has 8 heteroatoms. The number of rotatable bonds is 4. The van der Waals surface area contributed by atoms with Crippen LogP contribution in [0, 0.1) is 0 Å². The number of nitrogens with zero attached hydrogens (tertiary/aromatic N) is 5. The zero-order valence-corrected chi connectivity index (χ0v) is 16.9. The molecule has 2 aromatic heterocycles.